The van der Waals surface area contributed by atoms with Crippen molar-refractivity contribution < 1.29 is 0 Å². The quantitative estimate of drug-likeness (QED) is 0.809. The summed E-state index contributed by atoms with van der Waals surface area (Å²) in [5.74, 6) is 0. The van der Waals surface area contributed by atoms with Gasteiger partial charge in [0.1, 0.15) is 0 Å². The van der Waals surface area contributed by atoms with Gasteiger partial charge in [-0.2, -0.15) is 0 Å². The fraction of sp³-hybridized carbons (Fsp3) is 0.231. The molecule has 0 spiro atoms. The molecule has 0 saturated heterocycles. The highest BCUT2D eigenvalue weighted by molar-refractivity contribution is 5.89. The largest absolute Gasteiger partial charge is 0.330 e. The van der Waals surface area contributed by atoms with Crippen molar-refractivity contribution in [2.45, 2.75) is 12.8 Å². The molecular formula is C13H13N3. The van der Waals surface area contributed by atoms with Crippen LogP contribution in [-0.2, 0) is 6.42 Å². The van der Waals surface area contributed by atoms with Crippen LogP contribution >= 0.6 is 0 Å². The van der Waals surface area contributed by atoms with Gasteiger partial charge in [0.05, 0.1) is 5.70 Å². The minimum atomic E-state index is 0.679. The van der Waals surface area contributed by atoms with Gasteiger partial charge < -0.3 is 5.73 Å². The molecule has 2 aliphatic rings. The van der Waals surface area contributed by atoms with Gasteiger partial charge >= 0.3 is 0 Å². The number of hydrogen-bond donors (Lipinski definition) is 1. The SMILES string of the molecule is NCCC1=C2Cc3cnccc3C=C2N=C1. The molecule has 0 radical (unpaired) electrons. The van der Waals surface area contributed by atoms with Crippen LogP contribution in [0.15, 0.2) is 40.3 Å². The number of fused-ring (bicyclic) bond motifs is 2. The van der Waals surface area contributed by atoms with Crippen LogP contribution in [0.4, 0.5) is 0 Å². The van der Waals surface area contributed by atoms with Crippen LogP contribution in [0.2, 0.25) is 0 Å². The Morgan fingerprint density at radius 3 is 3.19 bits per heavy atom. The standard InChI is InChI=1S/C13H13N3/c14-3-1-10-8-16-13-6-9-2-4-15-7-11(9)5-12(10)13/h2,4,6-8H,1,3,5,14H2. The summed E-state index contributed by atoms with van der Waals surface area (Å²) in [5.41, 5.74) is 11.8. The fourth-order valence-corrected chi connectivity index (χ4v) is 2.23. The Bertz CT molecular complexity index is 524. The third kappa shape index (κ3) is 1.41. The lowest BCUT2D eigenvalue weighted by molar-refractivity contribution is 0.965. The second-order valence-electron chi connectivity index (χ2n) is 4.08. The lowest BCUT2D eigenvalue weighted by Gasteiger charge is -2.15. The van der Waals surface area contributed by atoms with E-state index in [9.17, 15) is 0 Å². The monoisotopic (exact) mass is 211 g/mol. The van der Waals surface area contributed by atoms with Crippen LogP contribution < -0.4 is 5.73 Å². The average molecular weight is 211 g/mol. The van der Waals surface area contributed by atoms with E-state index in [0.29, 0.717) is 6.54 Å². The third-order valence-corrected chi connectivity index (χ3v) is 3.07. The topological polar surface area (TPSA) is 51.3 Å². The van der Waals surface area contributed by atoms with Crippen molar-refractivity contribution in [2.24, 2.45) is 10.7 Å². The van der Waals surface area contributed by atoms with Crippen molar-refractivity contribution >= 4 is 12.3 Å². The van der Waals surface area contributed by atoms with Gasteiger partial charge in [-0.25, -0.2) is 0 Å². The molecule has 0 amide bonds. The Morgan fingerprint density at radius 2 is 2.31 bits per heavy atom. The van der Waals surface area contributed by atoms with Crippen molar-refractivity contribution in [3.63, 3.8) is 0 Å². The van der Waals surface area contributed by atoms with Crippen molar-refractivity contribution in [1.29, 1.82) is 0 Å². The molecule has 0 aromatic carbocycles. The van der Waals surface area contributed by atoms with Gasteiger partial charge in [-0.05, 0) is 47.4 Å². The molecule has 3 heteroatoms. The highest BCUT2D eigenvalue weighted by Crippen LogP contribution is 2.33. The molecule has 0 fully saturated rings. The lowest BCUT2D eigenvalue weighted by Crippen LogP contribution is -2.05. The van der Waals surface area contributed by atoms with E-state index in [0.717, 1.165) is 18.5 Å². The summed E-state index contributed by atoms with van der Waals surface area (Å²) in [7, 11) is 0. The number of allylic oxidation sites excluding steroid dienone is 1. The molecule has 2 heterocycles. The van der Waals surface area contributed by atoms with E-state index in [1.807, 2.05) is 24.7 Å². The van der Waals surface area contributed by atoms with Crippen LogP contribution in [0.3, 0.4) is 0 Å². The summed E-state index contributed by atoms with van der Waals surface area (Å²) in [6, 6.07) is 2.04. The molecular weight excluding hydrogens is 198 g/mol. The number of pyridine rings is 1. The minimum Gasteiger partial charge on any atom is -0.330 e. The van der Waals surface area contributed by atoms with E-state index in [1.54, 1.807) is 0 Å². The molecule has 1 aromatic rings. The van der Waals surface area contributed by atoms with Gasteiger partial charge in [0.15, 0.2) is 0 Å². The van der Waals surface area contributed by atoms with Gasteiger partial charge in [0.2, 0.25) is 0 Å². The van der Waals surface area contributed by atoms with Crippen LogP contribution in [0.25, 0.3) is 6.08 Å². The molecule has 1 aliphatic heterocycles. The maximum absolute atomic E-state index is 5.60. The molecule has 2 N–H and O–H groups in total. The van der Waals surface area contributed by atoms with Crippen molar-refractivity contribution in [2.75, 3.05) is 6.54 Å². The number of aliphatic imine (C=N–C) groups is 1. The average Bonchev–Trinajstić information content (AvgIpc) is 2.70. The Labute approximate surface area is 94.4 Å². The number of hydrogen-bond acceptors (Lipinski definition) is 3. The van der Waals surface area contributed by atoms with Crippen molar-refractivity contribution in [3.05, 3.63) is 46.4 Å². The number of nitrogens with zero attached hydrogens (tertiary/aromatic N) is 2. The van der Waals surface area contributed by atoms with Gasteiger partial charge in [0.25, 0.3) is 0 Å². The van der Waals surface area contributed by atoms with Crippen LogP contribution in [0.1, 0.15) is 17.5 Å². The number of rotatable bonds is 2. The van der Waals surface area contributed by atoms with Crippen LogP contribution in [0, 0.1) is 0 Å². The zero-order valence-corrected chi connectivity index (χ0v) is 8.98. The molecule has 80 valence electrons. The summed E-state index contributed by atoms with van der Waals surface area (Å²) in [6.07, 6.45) is 9.69. The van der Waals surface area contributed by atoms with Gasteiger partial charge in [-0.3, -0.25) is 9.98 Å². The van der Waals surface area contributed by atoms with E-state index >= 15 is 0 Å². The van der Waals surface area contributed by atoms with E-state index in [2.05, 4.69) is 16.1 Å². The minimum absolute atomic E-state index is 0.679. The molecule has 1 aromatic heterocycles. The van der Waals surface area contributed by atoms with Crippen LogP contribution in [-0.4, -0.2) is 17.7 Å². The highest BCUT2D eigenvalue weighted by atomic mass is 14.8. The first kappa shape index (κ1) is 9.48. The lowest BCUT2D eigenvalue weighted by atomic mass is 9.91. The Morgan fingerprint density at radius 1 is 1.38 bits per heavy atom. The number of aromatic nitrogens is 1. The first-order valence-corrected chi connectivity index (χ1v) is 5.49. The van der Waals surface area contributed by atoms with E-state index in [4.69, 9.17) is 5.73 Å². The van der Waals surface area contributed by atoms with Gasteiger partial charge in [-0.15, -0.1) is 0 Å². The third-order valence-electron chi connectivity index (χ3n) is 3.07. The molecule has 16 heavy (non-hydrogen) atoms. The first-order valence-electron chi connectivity index (χ1n) is 5.49. The Balaban J connectivity index is 2.07. The van der Waals surface area contributed by atoms with Gasteiger partial charge in [-0.1, -0.05) is 0 Å². The predicted molar refractivity (Wildman–Crippen MR) is 65.1 cm³/mol. The smallest absolute Gasteiger partial charge is 0.0674 e. The molecule has 3 rings (SSSR count). The maximum Gasteiger partial charge on any atom is 0.0674 e. The zero-order valence-electron chi connectivity index (χ0n) is 8.98. The molecule has 0 saturated carbocycles. The Hall–Kier alpha value is -1.74. The van der Waals surface area contributed by atoms with E-state index in [1.165, 1.54) is 22.3 Å². The zero-order chi connectivity index (χ0) is 11.0. The molecule has 0 unspecified atom stereocenters. The van der Waals surface area contributed by atoms with Crippen LogP contribution in [0.5, 0.6) is 0 Å². The van der Waals surface area contributed by atoms with Gasteiger partial charge in [0, 0.05) is 25.0 Å². The predicted octanol–water partition coefficient (Wildman–Crippen LogP) is 1.71. The van der Waals surface area contributed by atoms with Crippen molar-refractivity contribution in [1.82, 2.24) is 4.98 Å². The first-order chi connectivity index (χ1) is 7.88. The fourth-order valence-electron chi connectivity index (χ4n) is 2.23. The molecule has 0 bridgehead atoms. The number of nitrogens with two attached hydrogens (primary N) is 1. The summed E-state index contributed by atoms with van der Waals surface area (Å²) in [4.78, 5) is 8.61. The normalized spacial score (nSPS) is 17.2. The summed E-state index contributed by atoms with van der Waals surface area (Å²) < 4.78 is 0. The van der Waals surface area contributed by atoms with E-state index < -0.39 is 0 Å². The highest BCUT2D eigenvalue weighted by Gasteiger charge is 2.21. The summed E-state index contributed by atoms with van der Waals surface area (Å²) in [6.45, 7) is 0.679. The summed E-state index contributed by atoms with van der Waals surface area (Å²) >= 11 is 0. The second-order valence-corrected chi connectivity index (χ2v) is 4.08. The molecule has 0 atom stereocenters. The van der Waals surface area contributed by atoms with Crippen molar-refractivity contribution in [3.8, 4) is 0 Å². The Kier molecular flexibility index (Phi) is 2.18. The maximum atomic E-state index is 5.60. The molecule has 1 aliphatic carbocycles. The molecule has 3 nitrogen and oxygen atoms in total. The second kappa shape index (κ2) is 3.68. The van der Waals surface area contributed by atoms with E-state index in [-0.39, 0.29) is 0 Å². The summed E-state index contributed by atoms with van der Waals surface area (Å²) in [5, 5.41) is 0.